The predicted octanol–water partition coefficient (Wildman–Crippen LogP) is 2.68. The Bertz CT molecular complexity index is 993. The van der Waals surface area contributed by atoms with E-state index in [9.17, 15) is 13.2 Å². The van der Waals surface area contributed by atoms with Crippen LogP contribution < -0.4 is 20.1 Å². The molecular weight excluding hydrogens is 430 g/mol. The summed E-state index contributed by atoms with van der Waals surface area (Å²) >= 11 is 0. The fourth-order valence-electron chi connectivity index (χ4n) is 3.58. The van der Waals surface area contributed by atoms with Gasteiger partial charge in [-0.1, -0.05) is 0 Å². The highest BCUT2D eigenvalue weighted by Crippen LogP contribution is 2.29. The number of ether oxygens (including phenoxy) is 1. The van der Waals surface area contributed by atoms with Gasteiger partial charge in [0.05, 0.1) is 18.6 Å². The summed E-state index contributed by atoms with van der Waals surface area (Å²) in [6, 6.07) is 8.71. The fourth-order valence-corrected chi connectivity index (χ4v) is 4.23. The minimum Gasteiger partial charge on any atom is -0.494 e. The van der Waals surface area contributed by atoms with Crippen LogP contribution in [0.2, 0.25) is 0 Å². The number of hydrogen-bond acceptors (Lipinski definition) is 6. The van der Waals surface area contributed by atoms with Crippen LogP contribution in [0.5, 0.6) is 5.75 Å². The standard InChI is InChI=1S/C22H31N5O4S/c1-3-32(29,30)26-20-5-4-19(16-21(20)31-2)25-22(28)24-18-9-14-27(15-10-18)13-8-17-6-11-23-12-7-17/h4-7,11-12,16,18,26H,3,8-10,13-15H2,1-2H3,(H2,24,25,28). The minimum absolute atomic E-state index is 0.0406. The molecule has 0 atom stereocenters. The number of methoxy groups -OCH3 is 1. The van der Waals surface area contributed by atoms with E-state index in [1.54, 1.807) is 25.1 Å². The summed E-state index contributed by atoms with van der Waals surface area (Å²) in [6.07, 6.45) is 6.41. The van der Waals surface area contributed by atoms with Gasteiger partial charge in [-0.15, -0.1) is 0 Å². The van der Waals surface area contributed by atoms with Gasteiger partial charge in [0.2, 0.25) is 10.0 Å². The predicted molar refractivity (Wildman–Crippen MR) is 126 cm³/mol. The molecule has 0 radical (unpaired) electrons. The Hall–Kier alpha value is -2.85. The van der Waals surface area contributed by atoms with E-state index in [4.69, 9.17) is 4.74 Å². The van der Waals surface area contributed by atoms with Crippen molar-refractivity contribution in [1.82, 2.24) is 15.2 Å². The highest BCUT2D eigenvalue weighted by Gasteiger charge is 2.21. The number of pyridine rings is 1. The first-order chi connectivity index (χ1) is 15.4. The van der Waals surface area contributed by atoms with Crippen molar-refractivity contribution in [2.45, 2.75) is 32.2 Å². The van der Waals surface area contributed by atoms with Crippen LogP contribution in [0.15, 0.2) is 42.7 Å². The van der Waals surface area contributed by atoms with Crippen LogP contribution in [0.3, 0.4) is 0 Å². The van der Waals surface area contributed by atoms with Gasteiger partial charge in [-0.3, -0.25) is 9.71 Å². The summed E-state index contributed by atoms with van der Waals surface area (Å²) < 4.78 is 31.3. The number of nitrogens with one attached hydrogen (secondary N) is 3. The maximum absolute atomic E-state index is 12.4. The Morgan fingerprint density at radius 1 is 1.19 bits per heavy atom. The summed E-state index contributed by atoms with van der Waals surface area (Å²) in [5.74, 6) is 0.295. The molecule has 1 saturated heterocycles. The van der Waals surface area contributed by atoms with Gasteiger partial charge >= 0.3 is 6.03 Å². The number of rotatable bonds is 9. The second-order valence-corrected chi connectivity index (χ2v) is 9.75. The molecule has 0 saturated carbocycles. The average Bonchev–Trinajstić information content (AvgIpc) is 2.80. The van der Waals surface area contributed by atoms with E-state index in [2.05, 4.69) is 25.2 Å². The summed E-state index contributed by atoms with van der Waals surface area (Å²) in [7, 11) is -1.97. The normalized spacial score (nSPS) is 15.2. The number of anilines is 2. The molecular formula is C22H31N5O4S. The number of urea groups is 1. The van der Waals surface area contributed by atoms with E-state index in [1.807, 2.05) is 24.5 Å². The third-order valence-electron chi connectivity index (χ3n) is 5.49. The van der Waals surface area contributed by atoms with Crippen molar-refractivity contribution in [3.63, 3.8) is 0 Å². The van der Waals surface area contributed by atoms with Gasteiger partial charge in [-0.2, -0.15) is 0 Å². The Morgan fingerprint density at radius 2 is 1.91 bits per heavy atom. The molecule has 174 valence electrons. The second kappa shape index (κ2) is 11.1. The lowest BCUT2D eigenvalue weighted by molar-refractivity contribution is 0.197. The smallest absolute Gasteiger partial charge is 0.319 e. The van der Waals surface area contributed by atoms with Crippen LogP contribution in [0, 0.1) is 0 Å². The minimum atomic E-state index is -3.42. The highest BCUT2D eigenvalue weighted by molar-refractivity contribution is 7.92. The highest BCUT2D eigenvalue weighted by atomic mass is 32.2. The molecule has 10 heteroatoms. The van der Waals surface area contributed by atoms with Crippen LogP contribution in [0.25, 0.3) is 0 Å². The topological polar surface area (TPSA) is 113 Å². The molecule has 1 aliphatic heterocycles. The molecule has 9 nitrogen and oxygen atoms in total. The van der Waals surface area contributed by atoms with Gasteiger partial charge in [0.15, 0.2) is 0 Å². The molecule has 1 aromatic heterocycles. The molecule has 1 aliphatic rings. The van der Waals surface area contributed by atoms with Gasteiger partial charge in [-0.25, -0.2) is 13.2 Å². The third kappa shape index (κ3) is 7.10. The maximum atomic E-state index is 12.4. The first kappa shape index (κ1) is 23.8. The zero-order valence-corrected chi connectivity index (χ0v) is 19.3. The molecule has 3 rings (SSSR count). The maximum Gasteiger partial charge on any atom is 0.319 e. The molecule has 3 N–H and O–H groups in total. The number of nitrogens with zero attached hydrogens (tertiary/aromatic N) is 2. The monoisotopic (exact) mass is 461 g/mol. The van der Waals surface area contributed by atoms with Crippen molar-refractivity contribution in [2.75, 3.05) is 42.5 Å². The Balaban J connectivity index is 1.45. The molecule has 2 heterocycles. The van der Waals surface area contributed by atoms with Crippen molar-refractivity contribution >= 4 is 27.4 Å². The molecule has 0 spiro atoms. The summed E-state index contributed by atoms with van der Waals surface area (Å²) in [5, 5.41) is 5.82. The van der Waals surface area contributed by atoms with Gasteiger partial charge in [-0.05, 0) is 56.0 Å². The van der Waals surface area contributed by atoms with Crippen LogP contribution in [0.4, 0.5) is 16.2 Å². The summed E-state index contributed by atoms with van der Waals surface area (Å²) in [6.45, 7) is 4.43. The number of sulfonamides is 1. The van der Waals surface area contributed by atoms with Gasteiger partial charge in [0.25, 0.3) is 0 Å². The van der Waals surface area contributed by atoms with Crippen LogP contribution >= 0.6 is 0 Å². The number of aromatic nitrogens is 1. The lowest BCUT2D eigenvalue weighted by Gasteiger charge is -2.32. The first-order valence-corrected chi connectivity index (χ1v) is 12.4. The van der Waals surface area contributed by atoms with Crippen LogP contribution in [-0.2, 0) is 16.4 Å². The van der Waals surface area contributed by atoms with Crippen molar-refractivity contribution in [3.05, 3.63) is 48.3 Å². The SMILES string of the molecule is CCS(=O)(=O)Nc1ccc(NC(=O)NC2CCN(CCc3ccncc3)CC2)cc1OC. The first-order valence-electron chi connectivity index (χ1n) is 10.8. The van der Waals surface area contributed by atoms with Crippen molar-refractivity contribution < 1.29 is 17.9 Å². The van der Waals surface area contributed by atoms with E-state index in [0.29, 0.717) is 17.1 Å². The molecule has 1 aromatic carbocycles. The van der Waals surface area contributed by atoms with Crippen molar-refractivity contribution in [1.29, 1.82) is 0 Å². The van der Waals surface area contributed by atoms with Crippen LogP contribution in [-0.4, -0.2) is 62.9 Å². The quantitative estimate of drug-likeness (QED) is 0.529. The largest absolute Gasteiger partial charge is 0.494 e. The lowest BCUT2D eigenvalue weighted by atomic mass is 10.0. The third-order valence-corrected chi connectivity index (χ3v) is 6.78. The number of hydrogen-bond donors (Lipinski definition) is 3. The van der Waals surface area contributed by atoms with E-state index < -0.39 is 10.0 Å². The number of carbonyl (C=O) groups excluding carboxylic acids is 1. The van der Waals surface area contributed by atoms with Gasteiger partial charge in [0, 0.05) is 49.8 Å². The number of benzene rings is 1. The van der Waals surface area contributed by atoms with E-state index >= 15 is 0 Å². The molecule has 32 heavy (non-hydrogen) atoms. The zero-order chi connectivity index (χ0) is 23.0. The molecule has 2 aromatic rings. The Morgan fingerprint density at radius 3 is 2.56 bits per heavy atom. The molecule has 1 fully saturated rings. The second-order valence-electron chi connectivity index (χ2n) is 7.74. The molecule has 0 aliphatic carbocycles. The van der Waals surface area contributed by atoms with E-state index in [-0.39, 0.29) is 17.8 Å². The average molecular weight is 462 g/mol. The van der Waals surface area contributed by atoms with Gasteiger partial charge in [0.1, 0.15) is 5.75 Å². The van der Waals surface area contributed by atoms with E-state index in [0.717, 1.165) is 38.9 Å². The summed E-state index contributed by atoms with van der Waals surface area (Å²) in [4.78, 5) is 18.9. The number of carbonyl (C=O) groups is 1. The van der Waals surface area contributed by atoms with Gasteiger partial charge < -0.3 is 20.3 Å². The fraction of sp³-hybridized carbons (Fsp3) is 0.455. The zero-order valence-electron chi connectivity index (χ0n) is 18.5. The van der Waals surface area contributed by atoms with E-state index in [1.165, 1.54) is 12.7 Å². The lowest BCUT2D eigenvalue weighted by Crippen LogP contribution is -2.46. The Kier molecular flexibility index (Phi) is 8.29. The summed E-state index contributed by atoms with van der Waals surface area (Å²) in [5.41, 5.74) is 2.14. The van der Waals surface area contributed by atoms with Crippen molar-refractivity contribution in [3.8, 4) is 5.75 Å². The number of amides is 2. The van der Waals surface area contributed by atoms with Crippen LogP contribution in [0.1, 0.15) is 25.3 Å². The molecule has 0 unspecified atom stereocenters. The molecule has 0 bridgehead atoms. The number of likely N-dealkylation sites (tertiary alicyclic amines) is 1. The van der Waals surface area contributed by atoms with Crippen molar-refractivity contribution in [2.24, 2.45) is 0 Å². The Labute approximate surface area is 189 Å². The number of piperidine rings is 1. The molecule has 2 amide bonds.